The van der Waals surface area contributed by atoms with E-state index < -0.39 is 0 Å². The highest BCUT2D eigenvalue weighted by atomic mass is 15.1. The Morgan fingerprint density at radius 2 is 2.25 bits per heavy atom. The highest BCUT2D eigenvalue weighted by Gasteiger charge is 2.03. The topological polar surface area (TPSA) is 34.8 Å². The van der Waals surface area contributed by atoms with E-state index in [-0.39, 0.29) is 0 Å². The molecule has 0 atom stereocenters. The Balaban J connectivity index is 2.09. The van der Waals surface area contributed by atoms with E-state index in [1.54, 1.807) is 0 Å². The van der Waals surface area contributed by atoms with Crippen LogP contribution in [0.5, 0.6) is 0 Å². The second kappa shape index (κ2) is 4.99. The van der Waals surface area contributed by atoms with Crippen LogP contribution in [0.25, 0.3) is 0 Å². The van der Waals surface area contributed by atoms with Gasteiger partial charge in [0.2, 0.25) is 0 Å². The summed E-state index contributed by atoms with van der Waals surface area (Å²) < 4.78 is 4.30. The van der Waals surface area contributed by atoms with Gasteiger partial charge in [-0.1, -0.05) is 6.92 Å². The summed E-state index contributed by atoms with van der Waals surface area (Å²) >= 11 is 0. The molecule has 2 aromatic heterocycles. The average Bonchev–Trinajstić information content (AvgIpc) is 2.87. The monoisotopic (exact) mass is 218 g/mol. The first-order valence-electron chi connectivity index (χ1n) is 5.61. The highest BCUT2D eigenvalue weighted by molar-refractivity contribution is 5.10. The molecule has 0 fully saturated rings. The number of aryl methyl sites for hydroxylation is 1. The van der Waals surface area contributed by atoms with Gasteiger partial charge in [-0.05, 0) is 18.7 Å². The van der Waals surface area contributed by atoms with Crippen molar-refractivity contribution in [2.75, 3.05) is 6.54 Å². The Morgan fingerprint density at radius 1 is 1.38 bits per heavy atom. The average molecular weight is 218 g/mol. The molecule has 0 bridgehead atoms. The number of rotatable bonds is 5. The maximum Gasteiger partial charge on any atom is 0.0946 e. The Bertz CT molecular complexity index is 441. The minimum atomic E-state index is 0.879. The van der Waals surface area contributed by atoms with Crippen molar-refractivity contribution < 1.29 is 0 Å². The maximum atomic E-state index is 4.13. The highest BCUT2D eigenvalue weighted by Crippen LogP contribution is 2.06. The molecule has 86 valence electrons. The van der Waals surface area contributed by atoms with Crippen molar-refractivity contribution in [2.45, 2.75) is 20.0 Å². The predicted octanol–water partition coefficient (Wildman–Crippen LogP) is 1.38. The van der Waals surface area contributed by atoms with Crippen LogP contribution in [0.4, 0.5) is 0 Å². The number of imidazole rings is 1. The van der Waals surface area contributed by atoms with Gasteiger partial charge >= 0.3 is 0 Å². The molecule has 0 spiro atoms. The molecule has 2 aromatic rings. The molecule has 0 aliphatic carbocycles. The van der Waals surface area contributed by atoms with Gasteiger partial charge in [0.1, 0.15) is 0 Å². The van der Waals surface area contributed by atoms with Crippen LogP contribution >= 0.6 is 0 Å². The summed E-state index contributed by atoms with van der Waals surface area (Å²) in [5, 5.41) is 3.34. The van der Waals surface area contributed by atoms with Crippen LogP contribution < -0.4 is 5.32 Å². The normalized spacial score (nSPS) is 10.9. The fourth-order valence-electron chi connectivity index (χ4n) is 1.73. The van der Waals surface area contributed by atoms with Crippen molar-refractivity contribution in [1.29, 1.82) is 0 Å². The Labute approximate surface area is 95.9 Å². The van der Waals surface area contributed by atoms with Crippen LogP contribution in [0, 0.1) is 0 Å². The second-order valence-corrected chi connectivity index (χ2v) is 3.90. The third-order valence-electron chi connectivity index (χ3n) is 2.73. The number of aromatic nitrogens is 3. The van der Waals surface area contributed by atoms with Crippen molar-refractivity contribution in [1.82, 2.24) is 19.4 Å². The summed E-state index contributed by atoms with van der Waals surface area (Å²) in [7, 11) is 2.02. The zero-order chi connectivity index (χ0) is 11.4. The molecule has 0 aromatic carbocycles. The first-order chi connectivity index (χ1) is 7.81. The molecule has 0 aliphatic heterocycles. The third-order valence-corrected chi connectivity index (χ3v) is 2.73. The number of hydrogen-bond acceptors (Lipinski definition) is 2. The van der Waals surface area contributed by atoms with Crippen LogP contribution in [-0.4, -0.2) is 20.7 Å². The molecule has 2 heterocycles. The van der Waals surface area contributed by atoms with Gasteiger partial charge in [0.05, 0.1) is 18.6 Å². The van der Waals surface area contributed by atoms with Gasteiger partial charge in [-0.25, -0.2) is 4.98 Å². The molecule has 2 rings (SSSR count). The lowest BCUT2D eigenvalue weighted by Crippen LogP contribution is -2.16. The molecule has 16 heavy (non-hydrogen) atoms. The summed E-state index contributed by atoms with van der Waals surface area (Å²) in [5.41, 5.74) is 2.52. The van der Waals surface area contributed by atoms with Crippen LogP contribution in [-0.2, 0) is 20.1 Å². The van der Waals surface area contributed by atoms with Gasteiger partial charge in [0, 0.05) is 31.7 Å². The molecule has 4 nitrogen and oxygen atoms in total. The molecule has 0 amide bonds. The summed E-state index contributed by atoms with van der Waals surface area (Å²) in [6, 6.07) is 4.24. The molecule has 0 saturated heterocycles. The molecule has 1 N–H and O–H groups in total. The largest absolute Gasteiger partial charge is 0.344 e. The Hall–Kier alpha value is -1.55. The van der Waals surface area contributed by atoms with Gasteiger partial charge in [-0.3, -0.25) is 0 Å². The smallest absolute Gasteiger partial charge is 0.0946 e. The number of nitrogens with zero attached hydrogens (tertiary/aromatic N) is 3. The van der Waals surface area contributed by atoms with E-state index in [0.29, 0.717) is 0 Å². The lowest BCUT2D eigenvalue weighted by Gasteiger charge is -2.09. The lowest BCUT2D eigenvalue weighted by molar-refractivity contribution is 0.641. The summed E-state index contributed by atoms with van der Waals surface area (Å²) in [6.07, 6.45) is 5.86. The summed E-state index contributed by atoms with van der Waals surface area (Å²) in [6.45, 7) is 4.91. The quantitative estimate of drug-likeness (QED) is 0.822. The van der Waals surface area contributed by atoms with Gasteiger partial charge < -0.3 is 14.5 Å². The molecular weight excluding hydrogens is 200 g/mol. The zero-order valence-corrected chi connectivity index (χ0v) is 9.85. The molecule has 0 radical (unpaired) electrons. The van der Waals surface area contributed by atoms with Crippen molar-refractivity contribution in [3.05, 3.63) is 42.2 Å². The van der Waals surface area contributed by atoms with E-state index in [1.807, 2.05) is 19.6 Å². The van der Waals surface area contributed by atoms with Crippen molar-refractivity contribution in [3.8, 4) is 0 Å². The van der Waals surface area contributed by atoms with Crippen LogP contribution in [0.15, 0.2) is 30.9 Å². The van der Waals surface area contributed by atoms with Crippen molar-refractivity contribution in [3.63, 3.8) is 0 Å². The van der Waals surface area contributed by atoms with E-state index >= 15 is 0 Å². The molecule has 0 unspecified atom stereocenters. The predicted molar refractivity (Wildman–Crippen MR) is 64.1 cm³/mol. The first-order valence-corrected chi connectivity index (χ1v) is 5.61. The molecular formula is C12H18N4. The fraction of sp³-hybridized carbons (Fsp3) is 0.417. The maximum absolute atomic E-state index is 4.13. The van der Waals surface area contributed by atoms with E-state index in [1.165, 1.54) is 11.4 Å². The van der Waals surface area contributed by atoms with Gasteiger partial charge in [-0.2, -0.15) is 0 Å². The molecule has 0 aliphatic rings. The first kappa shape index (κ1) is 11.0. The van der Waals surface area contributed by atoms with Crippen molar-refractivity contribution >= 4 is 0 Å². The number of hydrogen-bond donors (Lipinski definition) is 1. The molecule has 0 saturated carbocycles. The van der Waals surface area contributed by atoms with E-state index in [2.05, 4.69) is 44.7 Å². The standard InChI is InChI=1S/C12H18N4/c1-3-13-7-11-5-4-6-16(11)9-12-8-14-10-15(12)2/h4-6,8,10,13H,3,7,9H2,1-2H3. The van der Waals surface area contributed by atoms with Crippen LogP contribution in [0.3, 0.4) is 0 Å². The second-order valence-electron chi connectivity index (χ2n) is 3.90. The van der Waals surface area contributed by atoms with E-state index in [4.69, 9.17) is 0 Å². The number of nitrogens with one attached hydrogen (secondary N) is 1. The van der Waals surface area contributed by atoms with Crippen LogP contribution in [0.2, 0.25) is 0 Å². The minimum Gasteiger partial charge on any atom is -0.344 e. The minimum absolute atomic E-state index is 0.879. The van der Waals surface area contributed by atoms with E-state index in [9.17, 15) is 0 Å². The zero-order valence-electron chi connectivity index (χ0n) is 9.85. The third kappa shape index (κ3) is 2.33. The van der Waals surface area contributed by atoms with Gasteiger partial charge in [0.25, 0.3) is 0 Å². The Kier molecular flexibility index (Phi) is 3.41. The summed E-state index contributed by atoms with van der Waals surface area (Å²) in [4.78, 5) is 4.13. The SMILES string of the molecule is CCNCc1cccn1Cc1cncn1C. The van der Waals surface area contributed by atoms with Gasteiger partial charge in [0.15, 0.2) is 0 Å². The molecule has 4 heteroatoms. The van der Waals surface area contributed by atoms with Gasteiger partial charge in [-0.15, -0.1) is 0 Å². The van der Waals surface area contributed by atoms with Crippen molar-refractivity contribution in [2.24, 2.45) is 7.05 Å². The fourth-order valence-corrected chi connectivity index (χ4v) is 1.73. The van der Waals surface area contributed by atoms with Crippen LogP contribution in [0.1, 0.15) is 18.3 Å². The lowest BCUT2D eigenvalue weighted by atomic mass is 10.4. The summed E-state index contributed by atoms with van der Waals surface area (Å²) in [5.74, 6) is 0. The van der Waals surface area contributed by atoms with E-state index in [0.717, 1.165) is 19.6 Å². The Morgan fingerprint density at radius 3 is 2.94 bits per heavy atom.